The topological polar surface area (TPSA) is 21.3 Å². The van der Waals surface area contributed by atoms with Crippen molar-refractivity contribution in [1.29, 1.82) is 0 Å². The van der Waals surface area contributed by atoms with Gasteiger partial charge in [0, 0.05) is 17.5 Å². The first kappa shape index (κ1) is 14.6. The molecule has 2 nitrogen and oxygen atoms in total. The molecule has 2 atom stereocenters. The van der Waals surface area contributed by atoms with Gasteiger partial charge in [-0.1, -0.05) is 19.8 Å². The minimum absolute atomic E-state index is 0.224. The highest BCUT2D eigenvalue weighted by atomic mass is 32.1. The predicted octanol–water partition coefficient (Wildman–Crippen LogP) is 4.45. The van der Waals surface area contributed by atoms with E-state index in [1.165, 1.54) is 44.1 Å². The van der Waals surface area contributed by atoms with Crippen molar-refractivity contribution in [3.05, 3.63) is 21.9 Å². The van der Waals surface area contributed by atoms with Crippen LogP contribution < -0.4 is 5.32 Å². The van der Waals surface area contributed by atoms with Gasteiger partial charge in [0.25, 0.3) is 0 Å². The van der Waals surface area contributed by atoms with Gasteiger partial charge in [-0.3, -0.25) is 0 Å². The summed E-state index contributed by atoms with van der Waals surface area (Å²) in [5.74, 6) is 0.735. The molecule has 1 aliphatic heterocycles. The first-order valence-corrected chi connectivity index (χ1v) is 9.03. The zero-order chi connectivity index (χ0) is 14.0. The highest BCUT2D eigenvalue weighted by molar-refractivity contribution is 7.10. The van der Waals surface area contributed by atoms with E-state index < -0.39 is 0 Å². The van der Waals surface area contributed by atoms with Gasteiger partial charge >= 0.3 is 0 Å². The van der Waals surface area contributed by atoms with E-state index in [0.29, 0.717) is 6.04 Å². The number of nitrogens with one attached hydrogen (secondary N) is 1. The third kappa shape index (κ3) is 2.81. The van der Waals surface area contributed by atoms with E-state index in [9.17, 15) is 0 Å². The highest BCUT2D eigenvalue weighted by Gasteiger charge is 2.42. The molecule has 3 heteroatoms. The Hall–Kier alpha value is -0.380. The van der Waals surface area contributed by atoms with Crippen molar-refractivity contribution in [3.8, 4) is 0 Å². The number of rotatable bonds is 4. The molecular weight excluding hydrogens is 266 g/mol. The summed E-state index contributed by atoms with van der Waals surface area (Å²) < 4.78 is 6.21. The molecule has 20 heavy (non-hydrogen) atoms. The largest absolute Gasteiger partial charge is 0.375 e. The van der Waals surface area contributed by atoms with Gasteiger partial charge in [0.2, 0.25) is 0 Å². The molecule has 1 N–H and O–H groups in total. The quantitative estimate of drug-likeness (QED) is 0.885. The number of thiophene rings is 1. The van der Waals surface area contributed by atoms with Crippen molar-refractivity contribution < 1.29 is 4.74 Å². The van der Waals surface area contributed by atoms with Crippen molar-refractivity contribution in [2.45, 2.75) is 64.0 Å². The van der Waals surface area contributed by atoms with Gasteiger partial charge in [0.05, 0.1) is 5.60 Å². The average Bonchev–Trinajstić information content (AvgIpc) is 3.06. The Balaban J connectivity index is 1.79. The summed E-state index contributed by atoms with van der Waals surface area (Å²) in [4.78, 5) is 1.55. The van der Waals surface area contributed by atoms with Crippen LogP contribution in [0.2, 0.25) is 0 Å². The number of hydrogen-bond donors (Lipinski definition) is 1. The fraction of sp³-hybridized carbons (Fsp3) is 0.765. The summed E-state index contributed by atoms with van der Waals surface area (Å²) >= 11 is 1.92. The lowest BCUT2D eigenvalue weighted by Crippen LogP contribution is -2.42. The molecule has 3 rings (SSSR count). The van der Waals surface area contributed by atoms with Crippen LogP contribution in [0, 0.1) is 12.8 Å². The summed E-state index contributed by atoms with van der Waals surface area (Å²) in [6.45, 7) is 6.48. The van der Waals surface area contributed by atoms with Crippen LogP contribution in [0.25, 0.3) is 0 Å². The maximum atomic E-state index is 6.21. The first-order valence-electron chi connectivity index (χ1n) is 8.15. The third-order valence-corrected chi connectivity index (χ3v) is 6.23. The summed E-state index contributed by atoms with van der Waals surface area (Å²) in [5, 5.41) is 5.99. The molecule has 0 bridgehead atoms. The Morgan fingerprint density at radius 3 is 2.90 bits per heavy atom. The molecule has 0 radical (unpaired) electrons. The molecule has 1 saturated carbocycles. The van der Waals surface area contributed by atoms with Gasteiger partial charge in [0.15, 0.2) is 0 Å². The fourth-order valence-corrected chi connectivity index (χ4v) is 5.21. The lowest BCUT2D eigenvalue weighted by atomic mass is 9.79. The maximum absolute atomic E-state index is 6.21. The van der Waals surface area contributed by atoms with Crippen molar-refractivity contribution in [2.24, 2.45) is 5.92 Å². The Labute approximate surface area is 126 Å². The molecule has 0 amide bonds. The number of hydrogen-bond acceptors (Lipinski definition) is 3. The average molecular weight is 293 g/mol. The van der Waals surface area contributed by atoms with E-state index in [2.05, 4.69) is 30.6 Å². The van der Waals surface area contributed by atoms with Crippen LogP contribution in [-0.4, -0.2) is 18.8 Å². The van der Waals surface area contributed by atoms with E-state index in [-0.39, 0.29) is 5.60 Å². The lowest BCUT2D eigenvalue weighted by Gasteiger charge is -2.41. The van der Waals surface area contributed by atoms with Crippen LogP contribution in [0.15, 0.2) is 11.4 Å². The maximum Gasteiger partial charge on any atom is 0.0686 e. The van der Waals surface area contributed by atoms with Crippen LogP contribution >= 0.6 is 11.3 Å². The Morgan fingerprint density at radius 2 is 2.25 bits per heavy atom. The zero-order valence-corrected chi connectivity index (χ0v) is 13.6. The molecule has 1 aromatic rings. The molecule has 112 valence electrons. The number of ether oxygens (including phenoxy) is 1. The molecule has 1 spiro atoms. The van der Waals surface area contributed by atoms with E-state index in [1.807, 2.05) is 11.3 Å². The summed E-state index contributed by atoms with van der Waals surface area (Å²) in [7, 11) is 0. The van der Waals surface area contributed by atoms with Crippen molar-refractivity contribution >= 4 is 11.3 Å². The Morgan fingerprint density at radius 1 is 1.45 bits per heavy atom. The van der Waals surface area contributed by atoms with Gasteiger partial charge in [-0.2, -0.15) is 0 Å². The Kier molecular flexibility index (Phi) is 4.49. The summed E-state index contributed by atoms with van der Waals surface area (Å²) in [6.07, 6.45) is 7.74. The van der Waals surface area contributed by atoms with Gasteiger partial charge in [-0.25, -0.2) is 0 Å². The molecule has 1 aromatic heterocycles. The summed E-state index contributed by atoms with van der Waals surface area (Å²) in [5.41, 5.74) is 1.68. The molecular formula is C17H27NOS. The van der Waals surface area contributed by atoms with E-state index in [1.54, 1.807) is 4.88 Å². The third-order valence-electron chi connectivity index (χ3n) is 5.13. The van der Waals surface area contributed by atoms with E-state index in [4.69, 9.17) is 4.74 Å². The Bertz CT molecular complexity index is 436. The molecule has 2 fully saturated rings. The minimum Gasteiger partial charge on any atom is -0.375 e. The van der Waals surface area contributed by atoms with Crippen LogP contribution in [-0.2, 0) is 4.74 Å². The van der Waals surface area contributed by atoms with Gasteiger partial charge < -0.3 is 10.1 Å². The fourth-order valence-electron chi connectivity index (χ4n) is 4.11. The van der Waals surface area contributed by atoms with E-state index >= 15 is 0 Å². The first-order chi connectivity index (χ1) is 9.74. The van der Waals surface area contributed by atoms with Crippen molar-refractivity contribution in [3.63, 3.8) is 0 Å². The van der Waals surface area contributed by atoms with Crippen LogP contribution in [0.3, 0.4) is 0 Å². The van der Waals surface area contributed by atoms with Crippen molar-refractivity contribution in [2.75, 3.05) is 13.2 Å². The van der Waals surface area contributed by atoms with Crippen molar-refractivity contribution in [1.82, 2.24) is 5.32 Å². The van der Waals surface area contributed by atoms with Gasteiger partial charge in [-0.15, -0.1) is 11.3 Å². The van der Waals surface area contributed by atoms with Gasteiger partial charge in [0.1, 0.15) is 0 Å². The lowest BCUT2D eigenvalue weighted by molar-refractivity contribution is -0.0980. The standard InChI is InChI=1S/C17H27NOS/c1-3-18-15(16-13(2)7-11-20-16)14-6-10-19-17(12-14)8-4-5-9-17/h7,11,14-15,18H,3-6,8-10,12H2,1-2H3. The monoisotopic (exact) mass is 293 g/mol. The summed E-state index contributed by atoms with van der Waals surface area (Å²) in [6, 6.07) is 2.79. The molecule has 0 aromatic carbocycles. The second kappa shape index (κ2) is 6.17. The second-order valence-electron chi connectivity index (χ2n) is 6.49. The molecule has 2 heterocycles. The van der Waals surface area contributed by atoms with Crippen LogP contribution in [0.5, 0.6) is 0 Å². The molecule has 2 aliphatic rings. The molecule has 1 aliphatic carbocycles. The second-order valence-corrected chi connectivity index (χ2v) is 7.44. The number of aryl methyl sites for hydroxylation is 1. The molecule has 2 unspecified atom stereocenters. The normalized spacial score (nSPS) is 27.0. The minimum atomic E-state index is 0.224. The zero-order valence-electron chi connectivity index (χ0n) is 12.8. The van der Waals surface area contributed by atoms with Crippen LogP contribution in [0.1, 0.15) is 61.9 Å². The predicted molar refractivity (Wildman–Crippen MR) is 85.3 cm³/mol. The SMILES string of the molecule is CCNC(c1sccc1C)C1CCOC2(CCCC2)C1. The van der Waals surface area contributed by atoms with Gasteiger partial charge in [-0.05, 0) is 62.1 Å². The highest BCUT2D eigenvalue weighted by Crippen LogP contribution is 2.46. The molecule has 1 saturated heterocycles. The van der Waals surface area contributed by atoms with Crippen LogP contribution in [0.4, 0.5) is 0 Å². The van der Waals surface area contributed by atoms with E-state index in [0.717, 1.165) is 19.1 Å². The smallest absolute Gasteiger partial charge is 0.0686 e.